The second kappa shape index (κ2) is 9.60. The molecule has 1 heterocycles. The Morgan fingerprint density at radius 3 is 2.36 bits per heavy atom. The fourth-order valence-electron chi connectivity index (χ4n) is 7.67. The largest absolute Gasteiger partial charge is 0.493 e. The Morgan fingerprint density at radius 2 is 1.75 bits per heavy atom. The Labute approximate surface area is 212 Å². The quantitative estimate of drug-likeness (QED) is 0.453. The first-order valence-electron chi connectivity index (χ1n) is 13.6. The van der Waals surface area contributed by atoms with Gasteiger partial charge in [0.05, 0.1) is 25.8 Å². The highest BCUT2D eigenvalue weighted by atomic mass is 19.1. The zero-order valence-electron chi connectivity index (χ0n) is 21.9. The second-order valence-corrected chi connectivity index (χ2v) is 12.4. The molecule has 3 saturated carbocycles. The Morgan fingerprint density at radius 1 is 1.08 bits per heavy atom. The Hall–Kier alpha value is -2.18. The first kappa shape index (κ1) is 25.5. The number of carbonyl (C=O) groups excluding carboxylic acids is 2. The van der Waals surface area contributed by atoms with Crippen molar-refractivity contribution in [2.45, 2.75) is 83.8 Å². The molecule has 1 amide bonds. The van der Waals surface area contributed by atoms with Crippen molar-refractivity contribution in [3.63, 3.8) is 0 Å². The highest BCUT2D eigenvalue weighted by molar-refractivity contribution is 5.98. The number of methoxy groups -OCH3 is 1. The van der Waals surface area contributed by atoms with Crippen molar-refractivity contribution < 1.29 is 27.8 Å². The Balaban J connectivity index is 1.40. The van der Waals surface area contributed by atoms with E-state index in [2.05, 4.69) is 13.8 Å². The molecule has 0 spiro atoms. The molecule has 1 aromatic carbocycles. The molecule has 1 aliphatic heterocycles. The number of rotatable bonds is 6. The number of halogens is 2. The summed E-state index contributed by atoms with van der Waals surface area (Å²) in [5.74, 6) is 0.0786. The van der Waals surface area contributed by atoms with Crippen LogP contribution in [0.15, 0.2) is 12.1 Å². The number of carbonyl (C=O) groups is 2. The highest BCUT2D eigenvalue weighted by Gasteiger charge is 2.48. The minimum Gasteiger partial charge on any atom is -0.493 e. The molecule has 1 aromatic rings. The summed E-state index contributed by atoms with van der Waals surface area (Å²) in [6.45, 7) is 6.55. The summed E-state index contributed by atoms with van der Waals surface area (Å²) in [7, 11) is 1.21. The molecular formula is C29H39F2NO4. The van der Waals surface area contributed by atoms with Crippen molar-refractivity contribution >= 4 is 11.9 Å². The van der Waals surface area contributed by atoms with Crippen molar-refractivity contribution in [1.29, 1.82) is 0 Å². The van der Waals surface area contributed by atoms with Crippen LogP contribution in [-0.4, -0.2) is 49.3 Å². The van der Waals surface area contributed by atoms with E-state index in [0.29, 0.717) is 24.2 Å². The van der Waals surface area contributed by atoms with E-state index < -0.39 is 35.8 Å². The van der Waals surface area contributed by atoms with E-state index in [1.807, 2.05) is 0 Å². The lowest BCUT2D eigenvalue weighted by Gasteiger charge is -2.49. The number of hydrogen-bond acceptors (Lipinski definition) is 4. The maximum absolute atomic E-state index is 15.4. The smallest absolute Gasteiger partial charge is 0.328 e. The number of hydrogen-bond donors (Lipinski definition) is 0. The number of likely N-dealkylation sites (tertiary alicyclic amines) is 1. The van der Waals surface area contributed by atoms with Crippen LogP contribution in [0.25, 0.3) is 0 Å². The number of alkyl halides is 1. The molecule has 0 aromatic heterocycles. The molecule has 7 heteroatoms. The van der Waals surface area contributed by atoms with Crippen LogP contribution in [0.3, 0.4) is 0 Å². The monoisotopic (exact) mass is 503 g/mol. The summed E-state index contributed by atoms with van der Waals surface area (Å²) in [6.07, 6.45) is 6.58. The van der Waals surface area contributed by atoms with Crippen molar-refractivity contribution in [3.05, 3.63) is 29.1 Å². The van der Waals surface area contributed by atoms with E-state index in [0.717, 1.165) is 42.1 Å². The normalized spacial score (nSPS) is 36.0. The average Bonchev–Trinajstić information content (AvgIpc) is 3.61. The van der Waals surface area contributed by atoms with Crippen molar-refractivity contribution in [3.8, 4) is 5.75 Å². The fourth-order valence-corrected chi connectivity index (χ4v) is 7.67. The van der Waals surface area contributed by atoms with Crippen LogP contribution in [0.4, 0.5) is 8.78 Å². The average molecular weight is 504 g/mol. The molecule has 5 rings (SSSR count). The molecular weight excluding hydrogens is 464 g/mol. The molecule has 3 aliphatic carbocycles. The first-order valence-corrected chi connectivity index (χ1v) is 13.6. The molecule has 2 bridgehead atoms. The van der Waals surface area contributed by atoms with Gasteiger partial charge in [0.25, 0.3) is 5.91 Å². The third-order valence-corrected chi connectivity index (χ3v) is 9.12. The summed E-state index contributed by atoms with van der Waals surface area (Å²) in [5, 5.41) is 0. The zero-order valence-corrected chi connectivity index (χ0v) is 21.9. The van der Waals surface area contributed by atoms with Crippen molar-refractivity contribution in [2.75, 3.05) is 20.3 Å². The Kier molecular flexibility index (Phi) is 6.80. The van der Waals surface area contributed by atoms with Gasteiger partial charge in [-0.15, -0.1) is 0 Å². The van der Waals surface area contributed by atoms with Crippen LogP contribution in [-0.2, 0) is 9.53 Å². The predicted octanol–water partition coefficient (Wildman–Crippen LogP) is 5.91. The molecule has 4 aliphatic rings. The summed E-state index contributed by atoms with van der Waals surface area (Å²) in [5.41, 5.74) is 0.843. The minimum atomic E-state index is -1.37. The van der Waals surface area contributed by atoms with E-state index in [1.165, 1.54) is 32.4 Å². The summed E-state index contributed by atoms with van der Waals surface area (Å²) in [6, 6.07) is 1.86. The van der Waals surface area contributed by atoms with Gasteiger partial charge in [0.1, 0.15) is 23.8 Å². The number of fused-ring (bicyclic) bond motifs is 2. The molecule has 2 unspecified atom stereocenters. The van der Waals surface area contributed by atoms with Crippen LogP contribution in [0, 0.1) is 34.9 Å². The Bertz CT molecular complexity index is 1010. The van der Waals surface area contributed by atoms with Gasteiger partial charge in [-0.2, -0.15) is 0 Å². The number of ether oxygens (including phenoxy) is 2. The van der Waals surface area contributed by atoms with Gasteiger partial charge in [0.2, 0.25) is 0 Å². The highest BCUT2D eigenvalue weighted by Crippen LogP contribution is 2.53. The van der Waals surface area contributed by atoms with Gasteiger partial charge < -0.3 is 14.4 Å². The molecule has 5 atom stereocenters. The maximum Gasteiger partial charge on any atom is 0.328 e. The lowest BCUT2D eigenvalue weighted by Crippen LogP contribution is -2.43. The van der Waals surface area contributed by atoms with Gasteiger partial charge >= 0.3 is 5.97 Å². The van der Waals surface area contributed by atoms with E-state index in [9.17, 15) is 14.0 Å². The lowest BCUT2D eigenvalue weighted by molar-refractivity contribution is -0.146. The van der Waals surface area contributed by atoms with Gasteiger partial charge in [0, 0.05) is 17.4 Å². The summed E-state index contributed by atoms with van der Waals surface area (Å²) < 4.78 is 41.1. The maximum atomic E-state index is 15.4. The zero-order chi connectivity index (χ0) is 25.8. The lowest BCUT2D eigenvalue weighted by atomic mass is 9.57. The SMILES string of the molecule is COC(=O)[C@@H]1[C@@H](C)[C@@H](F)CN1C(=O)c1cc(C2CC2)c(OCC23CC(C)CC(CC(C)C2)C3)cc1F. The molecule has 0 N–H and O–H groups in total. The van der Waals surface area contributed by atoms with Gasteiger partial charge in [-0.25, -0.2) is 13.6 Å². The van der Waals surface area contributed by atoms with E-state index >= 15 is 4.39 Å². The topological polar surface area (TPSA) is 55.8 Å². The minimum absolute atomic E-state index is 0.126. The van der Waals surface area contributed by atoms with Crippen LogP contribution >= 0.6 is 0 Å². The van der Waals surface area contributed by atoms with Gasteiger partial charge in [-0.1, -0.05) is 20.8 Å². The number of amides is 1. The molecule has 4 fully saturated rings. The van der Waals surface area contributed by atoms with Gasteiger partial charge in [-0.05, 0) is 80.2 Å². The predicted molar refractivity (Wildman–Crippen MR) is 132 cm³/mol. The van der Waals surface area contributed by atoms with Gasteiger partial charge in [-0.3, -0.25) is 4.79 Å². The third kappa shape index (κ3) is 4.74. The molecule has 5 nitrogen and oxygen atoms in total. The second-order valence-electron chi connectivity index (χ2n) is 12.4. The van der Waals surface area contributed by atoms with Crippen LogP contribution in [0.5, 0.6) is 5.75 Å². The van der Waals surface area contributed by atoms with E-state index in [1.54, 1.807) is 13.0 Å². The fraction of sp³-hybridized carbons (Fsp3) is 0.724. The number of nitrogens with zero attached hydrogens (tertiary/aromatic N) is 1. The molecule has 36 heavy (non-hydrogen) atoms. The summed E-state index contributed by atoms with van der Waals surface area (Å²) >= 11 is 0. The van der Waals surface area contributed by atoms with Crippen LogP contribution in [0.1, 0.15) is 87.6 Å². The molecule has 198 valence electrons. The van der Waals surface area contributed by atoms with Crippen molar-refractivity contribution in [1.82, 2.24) is 4.90 Å². The van der Waals surface area contributed by atoms with Crippen LogP contribution in [0.2, 0.25) is 0 Å². The molecule has 0 radical (unpaired) electrons. The van der Waals surface area contributed by atoms with Crippen molar-refractivity contribution in [2.24, 2.45) is 29.1 Å². The summed E-state index contributed by atoms with van der Waals surface area (Å²) in [4.78, 5) is 26.8. The standard InChI is InChI=1S/C29H39F2NO4/c1-16-7-19-8-17(2)12-29(11-16,13-19)15-36-25-10-23(30)22(9-21(25)20-5-6-20)27(33)32-14-24(31)18(3)26(32)28(34)35-4/h9-10,16-20,24,26H,5-8,11-15H2,1-4H3/t16?,17?,18-,19?,24-,26-,29?/m0/s1. The molecule has 1 saturated heterocycles. The van der Waals surface area contributed by atoms with Crippen LogP contribution < -0.4 is 4.74 Å². The number of benzene rings is 1. The van der Waals surface area contributed by atoms with E-state index in [-0.39, 0.29) is 23.4 Å². The first-order chi connectivity index (χ1) is 17.1. The third-order valence-electron chi connectivity index (χ3n) is 9.12. The number of esters is 1. The van der Waals surface area contributed by atoms with E-state index in [4.69, 9.17) is 9.47 Å². The van der Waals surface area contributed by atoms with Gasteiger partial charge in [0.15, 0.2) is 0 Å².